The number of para-hydroxylation sites is 1. The van der Waals surface area contributed by atoms with Crippen molar-refractivity contribution in [1.29, 1.82) is 0 Å². The van der Waals surface area contributed by atoms with Crippen LogP contribution in [-0.4, -0.2) is 85.2 Å². The number of piperazine rings is 1. The van der Waals surface area contributed by atoms with Crippen molar-refractivity contribution in [3.63, 3.8) is 0 Å². The van der Waals surface area contributed by atoms with E-state index in [9.17, 15) is 19.2 Å². The van der Waals surface area contributed by atoms with Crippen molar-refractivity contribution in [2.75, 3.05) is 40.5 Å². The molecule has 3 rings (SSSR count). The van der Waals surface area contributed by atoms with Gasteiger partial charge in [-0.3, -0.25) is 19.4 Å². The summed E-state index contributed by atoms with van der Waals surface area (Å²) in [6, 6.07) is 6.43. The first-order valence-electron chi connectivity index (χ1n) is 10.8. The highest BCUT2D eigenvalue weighted by atomic mass is 16.6. The van der Waals surface area contributed by atoms with Gasteiger partial charge in [-0.2, -0.15) is 0 Å². The van der Waals surface area contributed by atoms with E-state index in [1.807, 2.05) is 0 Å². The first kappa shape index (κ1) is 24.7. The molecular formula is C23H28N4O7. The Morgan fingerprint density at radius 1 is 1.15 bits per heavy atom. The van der Waals surface area contributed by atoms with E-state index in [1.54, 1.807) is 31.2 Å². The number of rotatable bonds is 7. The summed E-state index contributed by atoms with van der Waals surface area (Å²) in [4.78, 5) is 57.3. The number of methoxy groups -OCH3 is 2. The molecule has 1 saturated heterocycles. The van der Waals surface area contributed by atoms with Gasteiger partial charge in [-0.1, -0.05) is 12.1 Å². The second-order valence-corrected chi connectivity index (χ2v) is 7.69. The van der Waals surface area contributed by atoms with Gasteiger partial charge in [0, 0.05) is 25.0 Å². The maximum absolute atomic E-state index is 13.4. The fourth-order valence-electron chi connectivity index (χ4n) is 4.08. The van der Waals surface area contributed by atoms with Crippen LogP contribution in [0.25, 0.3) is 10.9 Å². The molecule has 0 saturated carbocycles. The van der Waals surface area contributed by atoms with E-state index in [4.69, 9.17) is 19.9 Å². The van der Waals surface area contributed by atoms with Crippen LogP contribution in [0.2, 0.25) is 0 Å². The lowest BCUT2D eigenvalue weighted by Crippen LogP contribution is -2.57. The molecule has 0 bridgehead atoms. The van der Waals surface area contributed by atoms with Gasteiger partial charge in [0.15, 0.2) is 0 Å². The van der Waals surface area contributed by atoms with E-state index in [1.165, 1.54) is 24.0 Å². The fourth-order valence-corrected chi connectivity index (χ4v) is 4.08. The number of hydrogen-bond acceptors (Lipinski definition) is 8. The lowest BCUT2D eigenvalue weighted by atomic mass is 10.0. The zero-order valence-electron chi connectivity index (χ0n) is 19.4. The zero-order chi connectivity index (χ0) is 24.8. The molecule has 1 aromatic carbocycles. The number of esters is 1. The topological polar surface area (TPSA) is 141 Å². The fraction of sp³-hybridized carbons (Fsp3) is 0.435. The molecule has 0 spiro atoms. The van der Waals surface area contributed by atoms with Gasteiger partial charge >= 0.3 is 12.1 Å². The summed E-state index contributed by atoms with van der Waals surface area (Å²) < 4.78 is 15.3. The van der Waals surface area contributed by atoms with Crippen LogP contribution in [0.15, 0.2) is 24.3 Å². The molecule has 1 aliphatic heterocycles. The normalized spacial score (nSPS) is 15.7. The minimum atomic E-state index is -0.767. The molecule has 182 valence electrons. The summed E-state index contributed by atoms with van der Waals surface area (Å²) in [5.41, 5.74) is 6.38. The van der Waals surface area contributed by atoms with Crippen molar-refractivity contribution in [3.8, 4) is 5.75 Å². The maximum atomic E-state index is 13.4. The Morgan fingerprint density at radius 2 is 1.88 bits per heavy atom. The summed E-state index contributed by atoms with van der Waals surface area (Å²) in [6.45, 7) is 2.43. The highest BCUT2D eigenvalue weighted by Gasteiger charge is 2.35. The van der Waals surface area contributed by atoms with Gasteiger partial charge in [-0.25, -0.2) is 4.79 Å². The number of nitrogens with two attached hydrogens (primary N) is 1. The monoisotopic (exact) mass is 472 g/mol. The average molecular weight is 472 g/mol. The van der Waals surface area contributed by atoms with Gasteiger partial charge in [-0.05, 0) is 19.1 Å². The van der Waals surface area contributed by atoms with Crippen LogP contribution < -0.4 is 10.5 Å². The van der Waals surface area contributed by atoms with E-state index in [0.717, 1.165) is 0 Å². The van der Waals surface area contributed by atoms with Crippen molar-refractivity contribution in [3.05, 3.63) is 35.5 Å². The Balaban J connectivity index is 1.92. The molecule has 1 unspecified atom stereocenters. The Morgan fingerprint density at radius 3 is 2.53 bits per heavy atom. The summed E-state index contributed by atoms with van der Waals surface area (Å²) in [5, 5.41) is 0.599. The lowest BCUT2D eigenvalue weighted by molar-refractivity contribution is -0.145. The molecule has 1 aromatic heterocycles. The van der Waals surface area contributed by atoms with Gasteiger partial charge < -0.3 is 29.7 Å². The van der Waals surface area contributed by atoms with Crippen LogP contribution in [0, 0.1) is 0 Å². The number of hydrogen-bond donors (Lipinski definition) is 1. The highest BCUT2D eigenvalue weighted by molar-refractivity contribution is 6.03. The van der Waals surface area contributed by atoms with Crippen LogP contribution in [-0.2, 0) is 25.5 Å². The Bertz CT molecular complexity index is 1100. The first-order chi connectivity index (χ1) is 16.3. The van der Waals surface area contributed by atoms with Crippen LogP contribution in [0.1, 0.15) is 29.4 Å². The van der Waals surface area contributed by atoms with Crippen molar-refractivity contribution in [2.45, 2.75) is 25.8 Å². The molecule has 2 N–H and O–H groups in total. The smallest absolute Gasteiger partial charge is 0.409 e. The molecule has 2 aromatic rings. The van der Waals surface area contributed by atoms with E-state index in [0.29, 0.717) is 10.9 Å². The number of pyridine rings is 1. The summed E-state index contributed by atoms with van der Waals surface area (Å²) in [5.74, 6) is -1.41. The first-order valence-corrected chi connectivity index (χ1v) is 10.8. The highest BCUT2D eigenvalue weighted by Crippen LogP contribution is 2.31. The summed E-state index contributed by atoms with van der Waals surface area (Å²) in [6.07, 6.45) is -0.854. The molecule has 1 atom stereocenters. The minimum absolute atomic E-state index is 0.0317. The van der Waals surface area contributed by atoms with Crippen molar-refractivity contribution in [1.82, 2.24) is 14.8 Å². The number of aromatic nitrogens is 1. The molecular weight excluding hydrogens is 444 g/mol. The van der Waals surface area contributed by atoms with Crippen LogP contribution in [0.5, 0.6) is 5.75 Å². The number of primary amides is 1. The van der Waals surface area contributed by atoms with Gasteiger partial charge in [0.2, 0.25) is 5.91 Å². The molecule has 0 radical (unpaired) electrons. The lowest BCUT2D eigenvalue weighted by Gasteiger charge is -2.40. The molecule has 2 heterocycles. The molecule has 1 fully saturated rings. The Hall–Kier alpha value is -3.89. The average Bonchev–Trinajstić information content (AvgIpc) is 2.82. The third kappa shape index (κ3) is 5.19. The predicted molar refractivity (Wildman–Crippen MR) is 121 cm³/mol. The largest absolute Gasteiger partial charge is 0.495 e. The molecule has 11 nitrogen and oxygen atoms in total. The Labute approximate surface area is 196 Å². The second kappa shape index (κ2) is 10.8. The minimum Gasteiger partial charge on any atom is -0.495 e. The van der Waals surface area contributed by atoms with Gasteiger partial charge in [0.1, 0.15) is 11.3 Å². The number of amides is 3. The molecule has 3 amide bonds. The maximum Gasteiger partial charge on any atom is 0.409 e. The molecule has 0 aliphatic carbocycles. The SMILES string of the molecule is CCOC(=O)N1CCN(C(=O)Cc2nc3ccccc3c(OC)c2C(N)=O)C(CC(=O)OC)C1. The van der Waals surface area contributed by atoms with Crippen LogP contribution in [0.4, 0.5) is 4.79 Å². The standard InChI is InChI=1S/C23H28N4O7/c1-4-34-23(31)26-9-10-27(14(13-26)11-19(29)32-2)18(28)12-17-20(22(24)30)21(33-3)15-7-5-6-8-16(15)25-17/h5-8,14H,4,9-13H2,1-3H3,(H2,24,30). The van der Waals surface area contributed by atoms with Gasteiger partial charge in [0.25, 0.3) is 5.91 Å². The second-order valence-electron chi connectivity index (χ2n) is 7.69. The third-order valence-electron chi connectivity index (χ3n) is 5.65. The van der Waals surface area contributed by atoms with E-state index in [2.05, 4.69) is 4.98 Å². The van der Waals surface area contributed by atoms with Crippen molar-refractivity contribution in [2.24, 2.45) is 5.73 Å². The van der Waals surface area contributed by atoms with Crippen molar-refractivity contribution < 1.29 is 33.4 Å². The number of carbonyl (C=O) groups is 4. The quantitative estimate of drug-likeness (QED) is 0.591. The molecule has 11 heteroatoms. The van der Waals surface area contributed by atoms with E-state index >= 15 is 0 Å². The van der Waals surface area contributed by atoms with Gasteiger partial charge in [0.05, 0.1) is 50.9 Å². The van der Waals surface area contributed by atoms with Crippen molar-refractivity contribution >= 4 is 34.8 Å². The molecule has 1 aliphatic rings. The summed E-state index contributed by atoms with van der Waals surface area (Å²) >= 11 is 0. The number of nitrogens with zero attached hydrogens (tertiary/aromatic N) is 3. The third-order valence-corrected chi connectivity index (χ3v) is 5.65. The van der Waals surface area contributed by atoms with Gasteiger partial charge in [-0.15, -0.1) is 0 Å². The van der Waals surface area contributed by atoms with E-state index < -0.39 is 24.0 Å². The van der Waals surface area contributed by atoms with E-state index in [-0.39, 0.29) is 62.0 Å². The number of fused-ring (bicyclic) bond motifs is 1. The molecule has 34 heavy (non-hydrogen) atoms. The predicted octanol–water partition coefficient (Wildman–Crippen LogP) is 1.12. The van der Waals surface area contributed by atoms with Crippen LogP contribution >= 0.6 is 0 Å². The van der Waals surface area contributed by atoms with Crippen LogP contribution in [0.3, 0.4) is 0 Å². The number of ether oxygens (including phenoxy) is 3. The number of benzene rings is 1. The Kier molecular flexibility index (Phi) is 7.87. The summed E-state index contributed by atoms with van der Waals surface area (Å²) in [7, 11) is 2.67. The zero-order valence-corrected chi connectivity index (χ0v) is 19.4. The number of carbonyl (C=O) groups excluding carboxylic acids is 4.